The van der Waals surface area contributed by atoms with Gasteiger partial charge >= 0.3 is 0 Å². The zero-order chi connectivity index (χ0) is 11.5. The second-order valence-corrected chi connectivity index (χ2v) is 4.45. The standard InChI is InChI=1S/C13H11BrO2/c14-11-8-12(15)10(7-13(11)16)6-9-4-2-1-3-5-9/h1-5,7-8,15-16H,6H2. The molecular formula is C13H11BrO2. The van der Waals surface area contributed by atoms with E-state index in [4.69, 9.17) is 0 Å². The van der Waals surface area contributed by atoms with Gasteiger partial charge in [-0.3, -0.25) is 0 Å². The third-order valence-electron chi connectivity index (χ3n) is 2.39. The molecular weight excluding hydrogens is 268 g/mol. The van der Waals surface area contributed by atoms with Crippen LogP contribution < -0.4 is 0 Å². The molecule has 2 N–H and O–H groups in total. The van der Waals surface area contributed by atoms with Crippen LogP contribution in [-0.4, -0.2) is 10.2 Å². The van der Waals surface area contributed by atoms with E-state index in [2.05, 4.69) is 15.9 Å². The fraction of sp³-hybridized carbons (Fsp3) is 0.0769. The zero-order valence-corrected chi connectivity index (χ0v) is 10.1. The molecule has 3 heteroatoms. The molecule has 2 rings (SSSR count). The lowest BCUT2D eigenvalue weighted by Crippen LogP contribution is -1.88. The number of phenols is 2. The van der Waals surface area contributed by atoms with Crippen molar-refractivity contribution < 1.29 is 10.2 Å². The summed E-state index contributed by atoms with van der Waals surface area (Å²) in [5.74, 6) is 0.331. The van der Waals surface area contributed by atoms with E-state index in [9.17, 15) is 10.2 Å². The van der Waals surface area contributed by atoms with E-state index in [1.54, 1.807) is 6.07 Å². The molecule has 0 aliphatic carbocycles. The van der Waals surface area contributed by atoms with Gasteiger partial charge in [0.25, 0.3) is 0 Å². The van der Waals surface area contributed by atoms with Crippen LogP contribution in [0.5, 0.6) is 11.5 Å². The van der Waals surface area contributed by atoms with Gasteiger partial charge in [0.2, 0.25) is 0 Å². The van der Waals surface area contributed by atoms with E-state index >= 15 is 0 Å². The average molecular weight is 279 g/mol. The first-order valence-corrected chi connectivity index (χ1v) is 5.70. The van der Waals surface area contributed by atoms with Crippen LogP contribution in [-0.2, 0) is 6.42 Å². The van der Waals surface area contributed by atoms with Crippen LogP contribution in [0.3, 0.4) is 0 Å². The average Bonchev–Trinajstić information content (AvgIpc) is 2.27. The predicted octanol–water partition coefficient (Wildman–Crippen LogP) is 3.45. The molecule has 2 aromatic carbocycles. The van der Waals surface area contributed by atoms with Crippen LogP contribution in [0, 0.1) is 0 Å². The SMILES string of the molecule is Oc1cc(Cc2ccccc2)c(O)cc1Br. The van der Waals surface area contributed by atoms with E-state index in [0.717, 1.165) is 5.56 Å². The summed E-state index contributed by atoms with van der Waals surface area (Å²) in [5, 5.41) is 19.3. The van der Waals surface area contributed by atoms with Gasteiger partial charge in [-0.15, -0.1) is 0 Å². The maximum Gasteiger partial charge on any atom is 0.130 e. The Morgan fingerprint density at radius 1 is 0.938 bits per heavy atom. The summed E-state index contributed by atoms with van der Waals surface area (Å²) in [7, 11) is 0. The first-order valence-electron chi connectivity index (χ1n) is 4.91. The monoisotopic (exact) mass is 278 g/mol. The Morgan fingerprint density at radius 2 is 1.62 bits per heavy atom. The molecule has 0 heterocycles. The number of hydrogen-bond donors (Lipinski definition) is 2. The van der Waals surface area contributed by atoms with E-state index in [1.165, 1.54) is 6.07 Å². The van der Waals surface area contributed by atoms with Gasteiger partial charge in [0, 0.05) is 12.0 Å². The lowest BCUT2D eigenvalue weighted by Gasteiger charge is -2.06. The van der Waals surface area contributed by atoms with Crippen molar-refractivity contribution >= 4 is 15.9 Å². The zero-order valence-electron chi connectivity index (χ0n) is 8.52. The number of aromatic hydroxyl groups is 2. The Morgan fingerprint density at radius 3 is 2.31 bits per heavy atom. The van der Waals surface area contributed by atoms with Crippen LogP contribution in [0.4, 0.5) is 0 Å². The molecule has 0 aliphatic rings. The van der Waals surface area contributed by atoms with E-state index < -0.39 is 0 Å². The minimum atomic E-state index is 0.142. The molecule has 16 heavy (non-hydrogen) atoms. The summed E-state index contributed by atoms with van der Waals surface area (Å²) in [6, 6.07) is 12.9. The second kappa shape index (κ2) is 4.58. The number of benzene rings is 2. The summed E-state index contributed by atoms with van der Waals surface area (Å²) >= 11 is 3.16. The highest BCUT2D eigenvalue weighted by Gasteiger charge is 2.07. The molecule has 0 atom stereocenters. The van der Waals surface area contributed by atoms with Crippen molar-refractivity contribution in [1.29, 1.82) is 0 Å². The molecule has 0 bridgehead atoms. The van der Waals surface area contributed by atoms with E-state index in [-0.39, 0.29) is 11.5 Å². The Labute approximate surface area is 102 Å². The molecule has 0 saturated carbocycles. The summed E-state index contributed by atoms with van der Waals surface area (Å²) in [6.45, 7) is 0. The molecule has 2 aromatic rings. The van der Waals surface area contributed by atoms with Crippen molar-refractivity contribution in [2.24, 2.45) is 0 Å². The first kappa shape index (κ1) is 11.0. The van der Waals surface area contributed by atoms with Gasteiger partial charge in [0.05, 0.1) is 4.47 Å². The van der Waals surface area contributed by atoms with E-state index in [1.807, 2.05) is 30.3 Å². The molecule has 0 spiro atoms. The number of hydrogen-bond acceptors (Lipinski definition) is 2. The van der Waals surface area contributed by atoms with Crippen LogP contribution in [0.15, 0.2) is 46.9 Å². The van der Waals surface area contributed by atoms with Crippen molar-refractivity contribution in [3.8, 4) is 11.5 Å². The highest BCUT2D eigenvalue weighted by Crippen LogP contribution is 2.32. The molecule has 0 aromatic heterocycles. The molecule has 0 fully saturated rings. The lowest BCUT2D eigenvalue weighted by atomic mass is 10.0. The maximum atomic E-state index is 9.74. The summed E-state index contributed by atoms with van der Waals surface area (Å²) in [6.07, 6.45) is 0.605. The number of phenolic OH excluding ortho intramolecular Hbond substituents is 2. The highest BCUT2D eigenvalue weighted by atomic mass is 79.9. The predicted molar refractivity (Wildman–Crippen MR) is 66.7 cm³/mol. The van der Waals surface area contributed by atoms with Crippen LogP contribution in [0.1, 0.15) is 11.1 Å². The van der Waals surface area contributed by atoms with Crippen molar-refractivity contribution in [3.05, 3.63) is 58.1 Å². The van der Waals surface area contributed by atoms with Crippen molar-refractivity contribution in [1.82, 2.24) is 0 Å². The van der Waals surface area contributed by atoms with Crippen LogP contribution >= 0.6 is 15.9 Å². The Hall–Kier alpha value is -1.48. The van der Waals surface area contributed by atoms with Gasteiger partial charge in [-0.25, -0.2) is 0 Å². The Balaban J connectivity index is 2.32. The third kappa shape index (κ3) is 2.36. The topological polar surface area (TPSA) is 40.5 Å². The third-order valence-corrected chi connectivity index (χ3v) is 3.02. The quantitative estimate of drug-likeness (QED) is 0.826. The van der Waals surface area contributed by atoms with Gasteiger partial charge in [-0.05, 0) is 33.6 Å². The summed E-state index contributed by atoms with van der Waals surface area (Å²) in [4.78, 5) is 0. The Bertz CT molecular complexity index is 495. The lowest BCUT2D eigenvalue weighted by molar-refractivity contribution is 0.452. The van der Waals surface area contributed by atoms with Crippen LogP contribution in [0.25, 0.3) is 0 Å². The molecule has 2 nitrogen and oxygen atoms in total. The normalized spacial score (nSPS) is 10.3. The molecule has 0 aliphatic heterocycles. The van der Waals surface area contributed by atoms with Gasteiger partial charge in [0.15, 0.2) is 0 Å². The van der Waals surface area contributed by atoms with Gasteiger partial charge < -0.3 is 10.2 Å². The molecule has 0 unspecified atom stereocenters. The molecule has 0 amide bonds. The second-order valence-electron chi connectivity index (χ2n) is 3.59. The van der Waals surface area contributed by atoms with Crippen molar-refractivity contribution in [2.75, 3.05) is 0 Å². The molecule has 0 saturated heterocycles. The summed E-state index contributed by atoms with van der Waals surface area (Å²) in [5.41, 5.74) is 1.81. The maximum absolute atomic E-state index is 9.74. The first-order chi connectivity index (χ1) is 7.66. The number of rotatable bonds is 2. The van der Waals surface area contributed by atoms with Crippen molar-refractivity contribution in [3.63, 3.8) is 0 Å². The fourth-order valence-electron chi connectivity index (χ4n) is 1.55. The minimum Gasteiger partial charge on any atom is -0.508 e. The van der Waals surface area contributed by atoms with Crippen LogP contribution in [0.2, 0.25) is 0 Å². The molecule has 82 valence electrons. The Kier molecular flexibility index (Phi) is 3.15. The molecule has 0 radical (unpaired) electrons. The smallest absolute Gasteiger partial charge is 0.130 e. The highest BCUT2D eigenvalue weighted by molar-refractivity contribution is 9.10. The van der Waals surface area contributed by atoms with Gasteiger partial charge in [0.1, 0.15) is 11.5 Å². The largest absolute Gasteiger partial charge is 0.508 e. The number of halogens is 1. The minimum absolute atomic E-state index is 0.142. The van der Waals surface area contributed by atoms with Crippen molar-refractivity contribution in [2.45, 2.75) is 6.42 Å². The van der Waals surface area contributed by atoms with E-state index in [0.29, 0.717) is 16.5 Å². The van der Waals surface area contributed by atoms with Gasteiger partial charge in [-0.2, -0.15) is 0 Å². The fourth-order valence-corrected chi connectivity index (χ4v) is 1.88. The van der Waals surface area contributed by atoms with Gasteiger partial charge in [-0.1, -0.05) is 30.3 Å². The summed E-state index contributed by atoms with van der Waals surface area (Å²) < 4.78 is 0.502.